The van der Waals surface area contributed by atoms with Crippen LogP contribution in [-0.4, -0.2) is 53.7 Å². The second kappa shape index (κ2) is 10.4. The molecular weight excluding hydrogens is 458 g/mol. The zero-order valence-electron chi connectivity index (χ0n) is 18.9. The van der Waals surface area contributed by atoms with Crippen LogP contribution in [0.1, 0.15) is 37.4 Å². The van der Waals surface area contributed by atoms with Crippen LogP contribution in [0, 0.1) is 0 Å². The maximum Gasteiger partial charge on any atom is 0.274 e. The molecule has 1 fully saturated rings. The fourth-order valence-corrected chi connectivity index (χ4v) is 5.57. The van der Waals surface area contributed by atoms with Gasteiger partial charge in [0.05, 0.1) is 23.4 Å². The molecular formula is C25H30ClN3O3S. The number of hydrogen-bond acceptors (Lipinski definition) is 5. The second-order valence-corrected chi connectivity index (χ2v) is 11.6. The Bertz CT molecular complexity index is 1270. The molecule has 2 heterocycles. The van der Waals surface area contributed by atoms with Gasteiger partial charge in [-0.2, -0.15) is 5.10 Å². The summed E-state index contributed by atoms with van der Waals surface area (Å²) in [6.07, 6.45) is 3.26. The zero-order valence-corrected chi connectivity index (χ0v) is 20.5. The lowest BCUT2D eigenvalue weighted by atomic mass is 10.0. The molecule has 0 unspecified atom stereocenters. The Balaban J connectivity index is 1.57. The highest BCUT2D eigenvalue weighted by atomic mass is 35.5. The average molecular weight is 488 g/mol. The molecule has 3 aromatic rings. The van der Waals surface area contributed by atoms with Gasteiger partial charge >= 0.3 is 0 Å². The first-order valence-electron chi connectivity index (χ1n) is 11.5. The Hall–Kier alpha value is -2.22. The van der Waals surface area contributed by atoms with Crippen molar-refractivity contribution in [2.45, 2.75) is 45.2 Å². The van der Waals surface area contributed by atoms with E-state index < -0.39 is 9.84 Å². The van der Waals surface area contributed by atoms with Crippen molar-refractivity contribution < 1.29 is 8.42 Å². The molecule has 0 saturated carbocycles. The molecule has 1 saturated heterocycles. The molecule has 176 valence electrons. The van der Waals surface area contributed by atoms with Crippen molar-refractivity contribution in [1.29, 1.82) is 0 Å². The Labute approximate surface area is 200 Å². The molecule has 0 bridgehead atoms. The lowest BCUT2D eigenvalue weighted by molar-refractivity contribution is 0.225. The van der Waals surface area contributed by atoms with Gasteiger partial charge in [-0.15, -0.1) is 0 Å². The number of nitrogens with zero attached hydrogens (tertiary/aromatic N) is 3. The van der Waals surface area contributed by atoms with Gasteiger partial charge < -0.3 is 0 Å². The van der Waals surface area contributed by atoms with Gasteiger partial charge in [-0.1, -0.05) is 48.9 Å². The summed E-state index contributed by atoms with van der Waals surface area (Å²) in [4.78, 5) is 15.6. The van der Waals surface area contributed by atoms with Gasteiger partial charge in [0.2, 0.25) is 0 Å². The minimum atomic E-state index is -2.96. The Kier molecular flexibility index (Phi) is 7.51. The number of sulfone groups is 1. The Morgan fingerprint density at radius 3 is 2.55 bits per heavy atom. The summed E-state index contributed by atoms with van der Waals surface area (Å²) in [5, 5.41) is 7.04. The maximum absolute atomic E-state index is 13.2. The fourth-order valence-electron chi connectivity index (χ4n) is 4.58. The third kappa shape index (κ3) is 5.83. The predicted molar refractivity (Wildman–Crippen MR) is 134 cm³/mol. The fraction of sp³-hybridized carbons (Fsp3) is 0.440. The smallest absolute Gasteiger partial charge is 0.274 e. The van der Waals surface area contributed by atoms with Crippen molar-refractivity contribution in [3.05, 3.63) is 75.2 Å². The standard InChI is InChI=1S/C25H30ClN3O3S/c1-2-33(31,32)16-6-15-28-14-5-7-21(28)18-29-25(30)23-9-4-3-8-22(23)24(27-29)17-19-10-12-20(26)13-11-19/h3-4,8-13,21H,2,5-7,14-18H2,1H3/t21-/m1/s1. The molecule has 1 aliphatic heterocycles. The van der Waals surface area contributed by atoms with E-state index in [1.54, 1.807) is 11.6 Å². The molecule has 1 aliphatic rings. The number of benzene rings is 2. The molecule has 0 spiro atoms. The highest BCUT2D eigenvalue weighted by Crippen LogP contribution is 2.21. The van der Waals surface area contributed by atoms with Crippen molar-refractivity contribution in [2.24, 2.45) is 0 Å². The van der Waals surface area contributed by atoms with Crippen LogP contribution >= 0.6 is 11.6 Å². The molecule has 0 N–H and O–H groups in total. The molecule has 2 aromatic carbocycles. The van der Waals surface area contributed by atoms with Gasteiger partial charge in [0.1, 0.15) is 9.84 Å². The number of halogens is 1. The third-order valence-electron chi connectivity index (χ3n) is 6.45. The summed E-state index contributed by atoms with van der Waals surface area (Å²) < 4.78 is 25.3. The molecule has 0 aliphatic carbocycles. The van der Waals surface area contributed by atoms with Gasteiger partial charge in [0.25, 0.3) is 5.56 Å². The van der Waals surface area contributed by atoms with Gasteiger partial charge in [-0.25, -0.2) is 13.1 Å². The molecule has 6 nitrogen and oxygen atoms in total. The first-order valence-corrected chi connectivity index (χ1v) is 13.7. The average Bonchev–Trinajstić information content (AvgIpc) is 3.25. The first-order chi connectivity index (χ1) is 15.9. The van der Waals surface area contributed by atoms with Crippen LogP contribution in [-0.2, 0) is 22.8 Å². The van der Waals surface area contributed by atoms with Crippen LogP contribution < -0.4 is 5.56 Å². The van der Waals surface area contributed by atoms with E-state index in [1.165, 1.54) is 0 Å². The van der Waals surface area contributed by atoms with E-state index in [0.717, 1.165) is 42.6 Å². The van der Waals surface area contributed by atoms with Crippen molar-refractivity contribution in [3.8, 4) is 0 Å². The first kappa shape index (κ1) is 23.9. The van der Waals surface area contributed by atoms with Crippen LogP contribution in [0.25, 0.3) is 10.8 Å². The minimum Gasteiger partial charge on any atom is -0.299 e. The molecule has 8 heteroatoms. The number of fused-ring (bicyclic) bond motifs is 1. The van der Waals surface area contributed by atoms with Crippen LogP contribution in [0.15, 0.2) is 53.3 Å². The number of rotatable bonds is 9. The summed E-state index contributed by atoms with van der Waals surface area (Å²) in [7, 11) is -2.96. The lowest BCUT2D eigenvalue weighted by Crippen LogP contribution is -2.38. The van der Waals surface area contributed by atoms with Crippen LogP contribution in [0.5, 0.6) is 0 Å². The summed E-state index contributed by atoms with van der Waals surface area (Å²) in [6, 6.07) is 15.5. The van der Waals surface area contributed by atoms with Crippen molar-refractivity contribution in [1.82, 2.24) is 14.7 Å². The third-order valence-corrected chi connectivity index (χ3v) is 8.49. The van der Waals surface area contributed by atoms with E-state index >= 15 is 0 Å². The molecule has 0 amide bonds. The molecule has 33 heavy (non-hydrogen) atoms. The van der Waals surface area contributed by atoms with Crippen LogP contribution in [0.3, 0.4) is 0 Å². The van der Waals surface area contributed by atoms with Crippen molar-refractivity contribution >= 4 is 32.2 Å². The number of likely N-dealkylation sites (tertiary alicyclic amines) is 1. The van der Waals surface area contributed by atoms with Crippen molar-refractivity contribution in [3.63, 3.8) is 0 Å². The quantitative estimate of drug-likeness (QED) is 0.457. The monoisotopic (exact) mass is 487 g/mol. The van der Waals surface area contributed by atoms with E-state index in [9.17, 15) is 13.2 Å². The Morgan fingerprint density at radius 1 is 1.09 bits per heavy atom. The van der Waals surface area contributed by atoms with Gasteiger partial charge in [-0.3, -0.25) is 9.69 Å². The zero-order chi connectivity index (χ0) is 23.4. The highest BCUT2D eigenvalue weighted by molar-refractivity contribution is 7.91. The van der Waals surface area contributed by atoms with E-state index in [-0.39, 0.29) is 23.1 Å². The van der Waals surface area contributed by atoms with E-state index in [0.29, 0.717) is 29.8 Å². The Morgan fingerprint density at radius 2 is 1.82 bits per heavy atom. The molecule has 4 rings (SSSR count). The minimum absolute atomic E-state index is 0.0779. The van der Waals surface area contributed by atoms with Crippen LogP contribution in [0.4, 0.5) is 0 Å². The van der Waals surface area contributed by atoms with E-state index in [2.05, 4.69) is 4.90 Å². The number of hydrogen-bond donors (Lipinski definition) is 0. The summed E-state index contributed by atoms with van der Waals surface area (Å²) in [5.41, 5.74) is 1.87. The van der Waals surface area contributed by atoms with Gasteiger partial charge in [-0.05, 0) is 56.1 Å². The molecule has 1 atom stereocenters. The largest absolute Gasteiger partial charge is 0.299 e. The molecule has 0 radical (unpaired) electrons. The SMILES string of the molecule is CCS(=O)(=O)CCCN1CCC[C@@H]1Cn1nc(Cc2ccc(Cl)cc2)c2ccccc2c1=O. The summed E-state index contributed by atoms with van der Waals surface area (Å²) in [5.74, 6) is 0.398. The second-order valence-electron chi connectivity index (χ2n) is 8.70. The van der Waals surface area contributed by atoms with E-state index in [4.69, 9.17) is 16.7 Å². The highest BCUT2D eigenvalue weighted by Gasteiger charge is 2.26. The normalized spacial score (nSPS) is 17.1. The topological polar surface area (TPSA) is 72.3 Å². The van der Waals surface area contributed by atoms with Crippen molar-refractivity contribution in [2.75, 3.05) is 24.6 Å². The lowest BCUT2D eigenvalue weighted by Gasteiger charge is -2.25. The van der Waals surface area contributed by atoms with Gasteiger partial charge in [0, 0.05) is 28.6 Å². The van der Waals surface area contributed by atoms with Crippen LogP contribution in [0.2, 0.25) is 5.02 Å². The van der Waals surface area contributed by atoms with E-state index in [1.807, 2.05) is 48.5 Å². The summed E-state index contributed by atoms with van der Waals surface area (Å²) >= 11 is 6.03. The number of aromatic nitrogens is 2. The molecule has 1 aromatic heterocycles. The van der Waals surface area contributed by atoms with Gasteiger partial charge in [0.15, 0.2) is 0 Å². The maximum atomic E-state index is 13.2. The summed E-state index contributed by atoms with van der Waals surface area (Å²) in [6.45, 7) is 3.85. The predicted octanol–water partition coefficient (Wildman–Crippen LogP) is 3.93.